The predicted octanol–water partition coefficient (Wildman–Crippen LogP) is 3.93. The van der Waals surface area contributed by atoms with E-state index in [0.29, 0.717) is 17.7 Å². The van der Waals surface area contributed by atoms with Gasteiger partial charge in [-0.15, -0.1) is 0 Å². The van der Waals surface area contributed by atoms with Gasteiger partial charge in [-0.3, -0.25) is 0 Å². The Balaban J connectivity index is 1.94. The van der Waals surface area contributed by atoms with E-state index in [0.717, 1.165) is 23.0 Å². The van der Waals surface area contributed by atoms with Crippen LogP contribution < -0.4 is 0 Å². The highest BCUT2D eigenvalue weighted by atomic mass is 127. The Morgan fingerprint density at radius 1 is 1.09 bits per heavy atom. The number of hydrogen-bond donors (Lipinski definition) is 1. The van der Waals surface area contributed by atoms with Gasteiger partial charge in [-0.25, -0.2) is 0 Å². The molecule has 2 nitrogen and oxygen atoms in total. The highest BCUT2D eigenvalue weighted by molar-refractivity contribution is 14.1. The molecule has 0 bridgehead atoms. The molecule has 1 N–H and O–H groups in total. The first-order valence-corrected chi connectivity index (χ1v) is 9.02. The Morgan fingerprint density at radius 2 is 1.91 bits per heavy atom. The van der Waals surface area contributed by atoms with Gasteiger partial charge in [0.25, 0.3) is 0 Å². The number of likely N-dealkylation sites (N-methyl/N-ethyl adjacent to an activating group) is 1. The summed E-state index contributed by atoms with van der Waals surface area (Å²) in [5.74, 6) is 0.805. The van der Waals surface area contributed by atoms with Gasteiger partial charge < -0.3 is 10.0 Å². The molecule has 0 saturated carbocycles. The summed E-state index contributed by atoms with van der Waals surface area (Å²) < 4.78 is 0.963. The lowest BCUT2D eigenvalue weighted by Gasteiger charge is -2.38. The zero-order valence-electron chi connectivity index (χ0n) is 12.7. The van der Waals surface area contributed by atoms with Crippen molar-refractivity contribution in [3.05, 3.63) is 62.2 Å². The van der Waals surface area contributed by atoms with Crippen molar-refractivity contribution in [2.45, 2.75) is 31.2 Å². The fourth-order valence-corrected chi connectivity index (χ4v) is 4.71. The molecule has 2 aromatic rings. The largest absolute Gasteiger partial charge is 0.507 e. The lowest BCUT2D eigenvalue weighted by Crippen LogP contribution is -2.39. The van der Waals surface area contributed by atoms with Crippen molar-refractivity contribution in [1.82, 2.24) is 4.90 Å². The normalized spacial score (nSPS) is 24.1. The molecule has 1 aliphatic heterocycles. The third-order valence-corrected chi connectivity index (χ3v) is 6.19. The van der Waals surface area contributed by atoms with E-state index in [-0.39, 0.29) is 0 Å². The maximum Gasteiger partial charge on any atom is 0.129 e. The Morgan fingerprint density at radius 3 is 2.77 bits per heavy atom. The number of halogens is 1. The number of hydrogen-bond acceptors (Lipinski definition) is 2. The van der Waals surface area contributed by atoms with Crippen molar-refractivity contribution >= 4 is 22.6 Å². The minimum Gasteiger partial charge on any atom is -0.507 e. The highest BCUT2D eigenvalue weighted by Crippen LogP contribution is 2.44. The van der Waals surface area contributed by atoms with Crippen LogP contribution in [0.4, 0.5) is 0 Å². The van der Waals surface area contributed by atoms with E-state index >= 15 is 0 Å². The van der Waals surface area contributed by atoms with Crippen LogP contribution in [0.25, 0.3) is 0 Å². The molecule has 1 heterocycles. The van der Waals surface area contributed by atoms with Crippen LogP contribution >= 0.6 is 22.6 Å². The topological polar surface area (TPSA) is 23.5 Å². The van der Waals surface area contributed by atoms with Crippen LogP contribution in [-0.2, 0) is 12.8 Å². The van der Waals surface area contributed by atoms with E-state index in [1.54, 1.807) is 0 Å². The molecule has 0 unspecified atom stereocenters. The van der Waals surface area contributed by atoms with Crippen LogP contribution in [0.1, 0.15) is 34.6 Å². The maximum atomic E-state index is 10.2. The summed E-state index contributed by atoms with van der Waals surface area (Å²) in [6.07, 6.45) is 3.42. The number of rotatable bonds is 0. The Bertz CT molecular complexity index is 727. The zero-order chi connectivity index (χ0) is 15.3. The van der Waals surface area contributed by atoms with Crippen molar-refractivity contribution < 1.29 is 5.11 Å². The molecule has 22 heavy (non-hydrogen) atoms. The van der Waals surface area contributed by atoms with Gasteiger partial charge in [0.2, 0.25) is 0 Å². The summed E-state index contributed by atoms with van der Waals surface area (Å²) in [6, 6.07) is 13.6. The summed E-state index contributed by atoms with van der Waals surface area (Å²) in [6.45, 7) is 1.11. The van der Waals surface area contributed by atoms with Crippen LogP contribution in [0.3, 0.4) is 0 Å². The molecule has 0 aromatic heterocycles. The maximum absolute atomic E-state index is 10.2. The molecule has 2 atom stereocenters. The fourth-order valence-electron chi connectivity index (χ4n) is 4.18. The van der Waals surface area contributed by atoms with E-state index in [2.05, 4.69) is 64.9 Å². The summed E-state index contributed by atoms with van der Waals surface area (Å²) in [4.78, 5) is 2.52. The SMILES string of the molecule is CN1CCc2ccccc2[C@H]2c3cc(O)c(I)cc3CC[C@H]21. The number of aryl methyl sites for hydroxylation is 1. The molecule has 0 saturated heterocycles. The van der Waals surface area contributed by atoms with Crippen LogP contribution in [-0.4, -0.2) is 29.6 Å². The van der Waals surface area contributed by atoms with Gasteiger partial charge in [-0.1, -0.05) is 24.3 Å². The quantitative estimate of drug-likeness (QED) is 0.672. The second kappa shape index (κ2) is 5.53. The standard InChI is InChI=1S/C19H20INO/c1-21-9-8-12-4-2-3-5-14(12)19-15-11-18(22)16(20)10-13(15)6-7-17(19)21/h2-5,10-11,17,19,22H,6-9H2,1H3/t17-,19+/m1/s1. The molecular weight excluding hydrogens is 385 g/mol. The van der Waals surface area contributed by atoms with Gasteiger partial charge in [0, 0.05) is 18.5 Å². The Labute approximate surface area is 145 Å². The van der Waals surface area contributed by atoms with Gasteiger partial charge in [0.1, 0.15) is 5.75 Å². The molecular formula is C19H20INO. The van der Waals surface area contributed by atoms with Crippen molar-refractivity contribution in [1.29, 1.82) is 0 Å². The number of nitrogens with zero attached hydrogens (tertiary/aromatic N) is 1. The number of benzene rings is 2. The van der Waals surface area contributed by atoms with E-state index in [1.807, 2.05) is 6.07 Å². The summed E-state index contributed by atoms with van der Waals surface area (Å²) in [5.41, 5.74) is 5.66. The van der Waals surface area contributed by atoms with E-state index in [9.17, 15) is 5.11 Å². The van der Waals surface area contributed by atoms with Crippen LogP contribution in [0.5, 0.6) is 5.75 Å². The minimum absolute atomic E-state index is 0.385. The third kappa shape index (κ3) is 2.26. The number of aromatic hydroxyl groups is 1. The summed E-state index contributed by atoms with van der Waals surface area (Å²) >= 11 is 2.23. The van der Waals surface area contributed by atoms with Crippen LogP contribution in [0.2, 0.25) is 0 Å². The molecule has 114 valence electrons. The molecule has 0 fully saturated rings. The first-order valence-electron chi connectivity index (χ1n) is 7.94. The van der Waals surface area contributed by atoms with E-state index in [4.69, 9.17) is 0 Å². The van der Waals surface area contributed by atoms with Crippen molar-refractivity contribution in [3.63, 3.8) is 0 Å². The molecule has 0 spiro atoms. The lowest BCUT2D eigenvalue weighted by molar-refractivity contribution is 0.214. The van der Waals surface area contributed by atoms with Crippen LogP contribution in [0.15, 0.2) is 36.4 Å². The Kier molecular flexibility index (Phi) is 3.65. The predicted molar refractivity (Wildman–Crippen MR) is 97.6 cm³/mol. The highest BCUT2D eigenvalue weighted by Gasteiger charge is 2.36. The van der Waals surface area contributed by atoms with Crippen LogP contribution in [0, 0.1) is 3.57 Å². The zero-order valence-corrected chi connectivity index (χ0v) is 14.9. The minimum atomic E-state index is 0.385. The van der Waals surface area contributed by atoms with Crippen molar-refractivity contribution in [2.75, 3.05) is 13.6 Å². The van der Waals surface area contributed by atoms with E-state index < -0.39 is 0 Å². The molecule has 2 aromatic carbocycles. The van der Waals surface area contributed by atoms with Gasteiger partial charge in [-0.2, -0.15) is 0 Å². The van der Waals surface area contributed by atoms with Crippen molar-refractivity contribution in [3.8, 4) is 5.75 Å². The average Bonchev–Trinajstić information content (AvgIpc) is 2.67. The van der Waals surface area contributed by atoms with Gasteiger partial charge in [0.05, 0.1) is 3.57 Å². The number of phenolic OH excluding ortho intramolecular Hbond substituents is 1. The second-order valence-electron chi connectivity index (χ2n) is 6.52. The smallest absolute Gasteiger partial charge is 0.129 e. The van der Waals surface area contributed by atoms with E-state index in [1.165, 1.54) is 28.7 Å². The second-order valence-corrected chi connectivity index (χ2v) is 7.68. The third-order valence-electron chi connectivity index (χ3n) is 5.33. The van der Waals surface area contributed by atoms with Gasteiger partial charge in [0.15, 0.2) is 0 Å². The molecule has 3 heteroatoms. The van der Waals surface area contributed by atoms with Crippen molar-refractivity contribution in [2.24, 2.45) is 0 Å². The monoisotopic (exact) mass is 405 g/mol. The lowest BCUT2D eigenvalue weighted by atomic mass is 9.74. The molecule has 4 rings (SSSR count). The molecule has 0 amide bonds. The first kappa shape index (κ1) is 14.5. The molecule has 0 radical (unpaired) electrons. The average molecular weight is 405 g/mol. The number of fused-ring (bicyclic) bond motifs is 5. The first-order chi connectivity index (χ1) is 10.6. The fraction of sp³-hybridized carbons (Fsp3) is 0.368. The molecule has 2 aliphatic rings. The molecule has 1 aliphatic carbocycles. The summed E-state index contributed by atoms with van der Waals surface area (Å²) in [5, 5.41) is 10.2. The van der Waals surface area contributed by atoms with Gasteiger partial charge in [-0.05, 0) is 83.3 Å². The number of phenols is 1. The summed E-state index contributed by atoms with van der Waals surface area (Å²) in [7, 11) is 2.25. The Hall–Kier alpha value is -1.07. The van der Waals surface area contributed by atoms with Gasteiger partial charge >= 0.3 is 0 Å².